The number of anilines is 1. The number of hydrogen-bond donors (Lipinski definition) is 2. The van der Waals surface area contributed by atoms with Crippen LogP contribution in [0.15, 0.2) is 35.1 Å². The van der Waals surface area contributed by atoms with Crippen LogP contribution in [0.3, 0.4) is 0 Å². The van der Waals surface area contributed by atoms with Crippen molar-refractivity contribution in [3.8, 4) is 0 Å². The zero-order valence-corrected chi connectivity index (χ0v) is 17.4. The monoisotopic (exact) mass is 455 g/mol. The third kappa shape index (κ3) is 3.72. The quantitative estimate of drug-likeness (QED) is 0.439. The molecule has 2 N–H and O–H groups in total. The van der Waals surface area contributed by atoms with Gasteiger partial charge >= 0.3 is 0 Å². The first kappa shape index (κ1) is 19.1. The summed E-state index contributed by atoms with van der Waals surface area (Å²) in [6.45, 7) is 1.89. The molecule has 136 valence electrons. The Morgan fingerprint density at radius 2 is 2.23 bits per heavy atom. The van der Waals surface area contributed by atoms with Crippen molar-refractivity contribution in [1.29, 1.82) is 0 Å². The normalized spacial score (nSPS) is 12.3. The molecule has 1 aromatic carbocycles. The maximum Gasteiger partial charge on any atom is 0.198 e. The van der Waals surface area contributed by atoms with Gasteiger partial charge in [0, 0.05) is 33.6 Å². The minimum Gasteiger partial charge on any atom is -0.345 e. The summed E-state index contributed by atoms with van der Waals surface area (Å²) < 4.78 is 30.2. The summed E-state index contributed by atoms with van der Waals surface area (Å²) in [4.78, 5) is 20.1. The van der Waals surface area contributed by atoms with Crippen molar-refractivity contribution in [2.75, 3.05) is 10.5 Å². The molecule has 0 fully saturated rings. The van der Waals surface area contributed by atoms with Gasteiger partial charge in [0.05, 0.1) is 11.3 Å². The summed E-state index contributed by atoms with van der Waals surface area (Å²) in [6.07, 6.45) is 3.83. The molecular formula is C17H16BrFN3O2PS. The van der Waals surface area contributed by atoms with Gasteiger partial charge in [-0.25, -0.2) is 13.6 Å². The average molecular weight is 456 g/mol. The maximum absolute atomic E-state index is 15.0. The fourth-order valence-electron chi connectivity index (χ4n) is 2.56. The summed E-state index contributed by atoms with van der Waals surface area (Å²) >= 11 is 3.33. The summed E-state index contributed by atoms with van der Waals surface area (Å²) in [5.41, 5.74) is 0.837. The lowest BCUT2D eigenvalue weighted by molar-refractivity contribution is 0.103. The number of pyridine rings is 1. The number of hydrogen-bond acceptors (Lipinski definition) is 3. The SMILES string of the molecule is CCCS(=O)Nc1ccc(P)c(C(=O)c2c[nH]c3ncc(Br)cc23)c1F. The highest BCUT2D eigenvalue weighted by Gasteiger charge is 2.23. The van der Waals surface area contributed by atoms with E-state index in [0.717, 1.165) is 4.47 Å². The summed E-state index contributed by atoms with van der Waals surface area (Å²) in [7, 11) is 0.969. The van der Waals surface area contributed by atoms with E-state index in [0.29, 0.717) is 34.1 Å². The van der Waals surface area contributed by atoms with Crippen LogP contribution in [-0.4, -0.2) is 25.7 Å². The number of nitrogens with one attached hydrogen (secondary N) is 2. The molecule has 2 unspecified atom stereocenters. The lowest BCUT2D eigenvalue weighted by atomic mass is 10.0. The second-order valence-electron chi connectivity index (χ2n) is 5.62. The van der Waals surface area contributed by atoms with Crippen LogP contribution in [0.5, 0.6) is 0 Å². The number of fused-ring (bicyclic) bond motifs is 1. The van der Waals surface area contributed by atoms with E-state index in [9.17, 15) is 13.4 Å². The number of H-pyrrole nitrogens is 1. The van der Waals surface area contributed by atoms with E-state index in [4.69, 9.17) is 0 Å². The zero-order valence-electron chi connectivity index (χ0n) is 13.8. The molecule has 26 heavy (non-hydrogen) atoms. The van der Waals surface area contributed by atoms with Gasteiger partial charge in [0.15, 0.2) is 11.6 Å². The first-order chi connectivity index (χ1) is 12.4. The topological polar surface area (TPSA) is 74.8 Å². The van der Waals surface area contributed by atoms with Gasteiger partial charge < -0.3 is 9.71 Å². The molecule has 0 aliphatic rings. The molecule has 0 radical (unpaired) electrons. The molecule has 0 spiro atoms. The van der Waals surface area contributed by atoms with Crippen molar-refractivity contribution >= 4 is 64.0 Å². The van der Waals surface area contributed by atoms with E-state index >= 15 is 0 Å². The smallest absolute Gasteiger partial charge is 0.198 e. The second-order valence-corrected chi connectivity index (χ2v) is 8.47. The Morgan fingerprint density at radius 3 is 2.96 bits per heavy atom. The van der Waals surface area contributed by atoms with Crippen molar-refractivity contribution < 1.29 is 13.4 Å². The van der Waals surface area contributed by atoms with E-state index in [2.05, 4.69) is 39.9 Å². The predicted molar refractivity (Wildman–Crippen MR) is 110 cm³/mol. The van der Waals surface area contributed by atoms with Gasteiger partial charge in [0.2, 0.25) is 0 Å². The predicted octanol–water partition coefficient (Wildman–Crippen LogP) is 3.68. The van der Waals surface area contributed by atoms with E-state index in [1.54, 1.807) is 18.3 Å². The highest BCUT2D eigenvalue weighted by Crippen LogP contribution is 2.26. The standard InChI is InChI=1S/C17H16BrFN3O2PS/c1-2-5-26(24)22-12-3-4-13(25)14(15(12)19)16(23)11-8-21-17-10(11)6-9(18)7-20-17/h3-4,6-8,22H,2,5,25H2,1H3,(H,20,21). The number of aromatic amines is 1. The minimum absolute atomic E-state index is 0.0467. The lowest BCUT2D eigenvalue weighted by Crippen LogP contribution is -2.17. The number of carbonyl (C=O) groups is 1. The highest BCUT2D eigenvalue weighted by atomic mass is 79.9. The van der Waals surface area contributed by atoms with Crippen LogP contribution in [-0.2, 0) is 11.0 Å². The molecule has 0 amide bonds. The highest BCUT2D eigenvalue weighted by molar-refractivity contribution is 9.10. The first-order valence-corrected chi connectivity index (χ1v) is 10.5. The van der Waals surface area contributed by atoms with Crippen LogP contribution in [0.2, 0.25) is 0 Å². The van der Waals surface area contributed by atoms with Crippen molar-refractivity contribution in [3.05, 3.63) is 52.0 Å². The van der Waals surface area contributed by atoms with E-state index in [-0.39, 0.29) is 11.3 Å². The van der Waals surface area contributed by atoms with E-state index < -0.39 is 22.6 Å². The number of benzene rings is 1. The molecule has 2 heterocycles. The molecule has 0 saturated heterocycles. The molecule has 0 aliphatic carbocycles. The van der Waals surface area contributed by atoms with Crippen molar-refractivity contribution in [2.45, 2.75) is 13.3 Å². The molecule has 0 saturated carbocycles. The number of nitrogens with zero attached hydrogens (tertiary/aromatic N) is 1. The molecule has 5 nitrogen and oxygen atoms in total. The fourth-order valence-corrected chi connectivity index (χ4v) is 4.12. The van der Waals surface area contributed by atoms with Gasteiger partial charge in [-0.15, -0.1) is 9.24 Å². The summed E-state index contributed by atoms with van der Waals surface area (Å²) in [5.74, 6) is -0.791. The second kappa shape index (κ2) is 7.94. The van der Waals surface area contributed by atoms with Gasteiger partial charge in [0.25, 0.3) is 0 Å². The van der Waals surface area contributed by atoms with E-state index in [1.807, 2.05) is 6.92 Å². The number of rotatable bonds is 6. The molecular weight excluding hydrogens is 440 g/mol. The van der Waals surface area contributed by atoms with Crippen molar-refractivity contribution in [1.82, 2.24) is 9.97 Å². The van der Waals surface area contributed by atoms with Crippen LogP contribution >= 0.6 is 25.2 Å². The minimum atomic E-state index is -1.40. The molecule has 2 atom stereocenters. The molecule has 3 aromatic rings. The van der Waals surface area contributed by atoms with Crippen LogP contribution in [0, 0.1) is 5.82 Å². The molecule has 9 heteroatoms. The maximum atomic E-state index is 15.0. The van der Waals surface area contributed by atoms with Gasteiger partial charge in [-0.05, 0) is 39.8 Å². The molecule has 0 bridgehead atoms. The van der Waals surface area contributed by atoms with Crippen LogP contribution in [0.1, 0.15) is 29.3 Å². The van der Waals surface area contributed by atoms with Gasteiger partial charge in [-0.3, -0.25) is 4.79 Å². The Hall–Kier alpha value is -1.63. The third-order valence-corrected chi connectivity index (χ3v) is 5.90. The Balaban J connectivity index is 2.06. The Labute approximate surface area is 163 Å². The number of ketones is 1. The lowest BCUT2D eigenvalue weighted by Gasteiger charge is -2.12. The molecule has 2 aromatic heterocycles. The Kier molecular flexibility index (Phi) is 5.85. The summed E-state index contributed by atoms with van der Waals surface area (Å²) in [5, 5.41) is 1.03. The zero-order chi connectivity index (χ0) is 18.8. The Morgan fingerprint density at radius 1 is 1.46 bits per heavy atom. The van der Waals surface area contributed by atoms with Crippen LogP contribution < -0.4 is 10.0 Å². The Bertz CT molecular complexity index is 1020. The largest absolute Gasteiger partial charge is 0.345 e. The molecule has 0 aliphatic heterocycles. The van der Waals surface area contributed by atoms with Gasteiger partial charge in [0.1, 0.15) is 16.6 Å². The van der Waals surface area contributed by atoms with Crippen molar-refractivity contribution in [2.24, 2.45) is 0 Å². The number of halogens is 2. The third-order valence-electron chi connectivity index (χ3n) is 3.76. The van der Waals surface area contributed by atoms with Gasteiger partial charge in [-0.2, -0.15) is 0 Å². The molecule has 3 rings (SSSR count). The van der Waals surface area contributed by atoms with Crippen LogP contribution in [0.4, 0.5) is 10.1 Å². The first-order valence-electron chi connectivity index (χ1n) is 7.82. The number of carbonyl (C=O) groups excluding carboxylic acids is 1. The van der Waals surface area contributed by atoms with Gasteiger partial charge in [-0.1, -0.05) is 13.0 Å². The summed E-state index contributed by atoms with van der Waals surface area (Å²) in [6, 6.07) is 4.84. The fraction of sp³-hybridized carbons (Fsp3) is 0.176. The van der Waals surface area contributed by atoms with Crippen LogP contribution in [0.25, 0.3) is 11.0 Å². The average Bonchev–Trinajstić information content (AvgIpc) is 3.00. The number of aromatic nitrogens is 2. The van der Waals surface area contributed by atoms with E-state index in [1.165, 1.54) is 12.3 Å². The van der Waals surface area contributed by atoms with Crippen molar-refractivity contribution in [3.63, 3.8) is 0 Å².